The molecule has 0 spiro atoms. The third-order valence-electron chi connectivity index (χ3n) is 7.76. The van der Waals surface area contributed by atoms with Gasteiger partial charge in [0, 0.05) is 24.0 Å². The van der Waals surface area contributed by atoms with Crippen LogP contribution >= 0.6 is 11.6 Å². The zero-order valence-electron chi connectivity index (χ0n) is 26.5. The molecule has 0 fully saturated rings. The van der Waals surface area contributed by atoms with E-state index in [9.17, 15) is 18.0 Å². The number of carbonyl (C=O) groups excluding carboxylic acids is 2. The highest BCUT2D eigenvalue weighted by molar-refractivity contribution is 7.92. The average Bonchev–Trinajstić information content (AvgIpc) is 3.05. The molecule has 46 heavy (non-hydrogen) atoms. The first-order valence-corrected chi connectivity index (χ1v) is 17.0. The fourth-order valence-corrected chi connectivity index (χ4v) is 6.65. The van der Waals surface area contributed by atoms with E-state index < -0.39 is 28.5 Å². The number of hydrogen-bond acceptors (Lipinski definition) is 5. The largest absolute Gasteiger partial charge is 0.495 e. The van der Waals surface area contributed by atoms with E-state index in [-0.39, 0.29) is 41.2 Å². The van der Waals surface area contributed by atoms with Crippen molar-refractivity contribution in [3.05, 3.63) is 125 Å². The Labute approximate surface area is 277 Å². The third kappa shape index (κ3) is 8.68. The molecule has 0 bridgehead atoms. The summed E-state index contributed by atoms with van der Waals surface area (Å²) in [6.07, 6.45) is 0.914. The quantitative estimate of drug-likeness (QED) is 0.169. The number of para-hydroxylation sites is 2. The van der Waals surface area contributed by atoms with Gasteiger partial charge >= 0.3 is 0 Å². The number of nitrogens with one attached hydrogen (secondary N) is 1. The minimum atomic E-state index is -4.26. The molecule has 8 nitrogen and oxygen atoms in total. The van der Waals surface area contributed by atoms with Crippen LogP contribution in [0.5, 0.6) is 5.75 Å². The van der Waals surface area contributed by atoms with E-state index in [2.05, 4.69) is 5.32 Å². The Morgan fingerprint density at radius 2 is 1.54 bits per heavy atom. The Balaban J connectivity index is 1.84. The number of methoxy groups -OCH3 is 1. The molecule has 0 aliphatic heterocycles. The number of hydrogen-bond donors (Lipinski definition) is 1. The summed E-state index contributed by atoms with van der Waals surface area (Å²) in [5.41, 5.74) is 2.64. The molecule has 0 aromatic heterocycles. The lowest BCUT2D eigenvalue weighted by Crippen LogP contribution is -2.54. The summed E-state index contributed by atoms with van der Waals surface area (Å²) in [6, 6.07) is 28.5. The summed E-state index contributed by atoms with van der Waals surface area (Å²) in [6.45, 7) is 5.17. The number of sulfonamides is 1. The van der Waals surface area contributed by atoms with Gasteiger partial charge in [-0.2, -0.15) is 0 Å². The van der Waals surface area contributed by atoms with Crippen molar-refractivity contribution >= 4 is 39.1 Å². The molecule has 0 aliphatic carbocycles. The van der Waals surface area contributed by atoms with Gasteiger partial charge in [-0.15, -0.1) is 0 Å². The molecule has 0 unspecified atom stereocenters. The Bertz CT molecular complexity index is 1730. The maximum Gasteiger partial charge on any atom is 0.264 e. The number of rotatable bonds is 14. The van der Waals surface area contributed by atoms with Gasteiger partial charge in [-0.1, -0.05) is 90.8 Å². The van der Waals surface area contributed by atoms with Gasteiger partial charge in [0.1, 0.15) is 18.3 Å². The van der Waals surface area contributed by atoms with E-state index in [1.165, 1.54) is 24.1 Å². The van der Waals surface area contributed by atoms with Gasteiger partial charge in [-0.05, 0) is 67.8 Å². The molecule has 0 saturated heterocycles. The van der Waals surface area contributed by atoms with Gasteiger partial charge in [-0.25, -0.2) is 8.42 Å². The summed E-state index contributed by atoms with van der Waals surface area (Å²) in [4.78, 5) is 30.0. The van der Waals surface area contributed by atoms with Gasteiger partial charge in [0.05, 0.1) is 17.7 Å². The monoisotopic (exact) mass is 661 g/mol. The zero-order chi connectivity index (χ0) is 33.3. The van der Waals surface area contributed by atoms with Crippen LogP contribution in [0.1, 0.15) is 37.0 Å². The number of benzene rings is 4. The minimum absolute atomic E-state index is 0.0218. The normalized spacial score (nSPS) is 12.5. The molecular formula is C36H40ClN3O5S. The Kier molecular flexibility index (Phi) is 11.8. The highest BCUT2D eigenvalue weighted by Crippen LogP contribution is 2.33. The zero-order valence-corrected chi connectivity index (χ0v) is 28.1. The van der Waals surface area contributed by atoms with Crippen molar-refractivity contribution in [2.45, 2.75) is 57.1 Å². The van der Waals surface area contributed by atoms with Gasteiger partial charge in [0.2, 0.25) is 11.8 Å². The van der Waals surface area contributed by atoms with Gasteiger partial charge in [0.15, 0.2) is 0 Å². The summed E-state index contributed by atoms with van der Waals surface area (Å²) >= 11 is 6.32. The van der Waals surface area contributed by atoms with Crippen LogP contribution in [0.25, 0.3) is 0 Å². The first-order chi connectivity index (χ1) is 22.0. The molecule has 0 heterocycles. The van der Waals surface area contributed by atoms with Crippen molar-refractivity contribution in [2.24, 2.45) is 0 Å². The van der Waals surface area contributed by atoms with E-state index in [4.69, 9.17) is 16.3 Å². The van der Waals surface area contributed by atoms with Crippen molar-refractivity contribution < 1.29 is 22.7 Å². The van der Waals surface area contributed by atoms with E-state index >= 15 is 0 Å². The number of amides is 2. The maximum absolute atomic E-state index is 14.6. The Morgan fingerprint density at radius 1 is 0.891 bits per heavy atom. The summed E-state index contributed by atoms with van der Waals surface area (Å²) < 4.78 is 35.1. The number of halogens is 1. The smallest absolute Gasteiger partial charge is 0.264 e. The second-order valence-electron chi connectivity index (χ2n) is 11.2. The predicted octanol–water partition coefficient (Wildman–Crippen LogP) is 6.41. The van der Waals surface area contributed by atoms with E-state index in [1.807, 2.05) is 57.2 Å². The molecule has 10 heteroatoms. The predicted molar refractivity (Wildman–Crippen MR) is 183 cm³/mol. The van der Waals surface area contributed by atoms with Gasteiger partial charge < -0.3 is 15.0 Å². The standard InChI is InChI=1S/C36H40ClN3O5S/c1-5-27(3)38-36(42)33(23-28-12-7-6-8-13-28)39(24-29-14-11-15-30(37)22-29)35(41)25-40(32-16-9-10-17-34(32)45-4)46(43,44)31-20-18-26(2)19-21-31/h6-22,27,33H,5,23-25H2,1-4H3,(H,38,42)/t27-,33+/m0/s1. The van der Waals surface area contributed by atoms with Crippen molar-refractivity contribution in [3.63, 3.8) is 0 Å². The molecular weight excluding hydrogens is 622 g/mol. The number of ether oxygens (including phenoxy) is 1. The lowest BCUT2D eigenvalue weighted by molar-refractivity contribution is -0.140. The molecule has 2 amide bonds. The second kappa shape index (κ2) is 15.8. The number of nitrogens with zero attached hydrogens (tertiary/aromatic N) is 2. The molecule has 242 valence electrons. The fraction of sp³-hybridized carbons (Fsp3) is 0.278. The molecule has 4 aromatic carbocycles. The van der Waals surface area contributed by atoms with Crippen LogP contribution in [-0.2, 0) is 32.6 Å². The average molecular weight is 662 g/mol. The lowest BCUT2D eigenvalue weighted by atomic mass is 10.0. The number of carbonyl (C=O) groups is 2. The van der Waals surface area contributed by atoms with Crippen LogP contribution in [0.3, 0.4) is 0 Å². The fourth-order valence-electron chi connectivity index (χ4n) is 5.01. The topological polar surface area (TPSA) is 96.0 Å². The summed E-state index contributed by atoms with van der Waals surface area (Å²) in [5, 5.41) is 3.51. The maximum atomic E-state index is 14.6. The first-order valence-electron chi connectivity index (χ1n) is 15.1. The summed E-state index contributed by atoms with van der Waals surface area (Å²) in [7, 11) is -2.81. The number of aryl methyl sites for hydroxylation is 1. The van der Waals surface area contributed by atoms with Crippen LogP contribution in [0.4, 0.5) is 5.69 Å². The number of anilines is 1. The second-order valence-corrected chi connectivity index (χ2v) is 13.5. The van der Waals surface area contributed by atoms with E-state index in [0.29, 0.717) is 17.0 Å². The molecule has 4 aromatic rings. The van der Waals surface area contributed by atoms with Crippen LogP contribution in [0.15, 0.2) is 108 Å². The molecule has 4 rings (SSSR count). The van der Waals surface area contributed by atoms with Gasteiger partial charge in [-0.3, -0.25) is 13.9 Å². The van der Waals surface area contributed by atoms with Crippen LogP contribution in [-0.4, -0.2) is 50.9 Å². The van der Waals surface area contributed by atoms with Crippen molar-refractivity contribution in [1.82, 2.24) is 10.2 Å². The lowest BCUT2D eigenvalue weighted by Gasteiger charge is -2.34. The molecule has 0 saturated carbocycles. The van der Waals surface area contributed by atoms with Crippen molar-refractivity contribution in [3.8, 4) is 5.75 Å². The Hall–Kier alpha value is -4.34. The third-order valence-corrected chi connectivity index (χ3v) is 9.76. The highest BCUT2D eigenvalue weighted by Gasteiger charge is 2.35. The summed E-state index contributed by atoms with van der Waals surface area (Å²) in [5.74, 6) is -0.622. The SMILES string of the molecule is CC[C@H](C)NC(=O)[C@@H](Cc1ccccc1)N(Cc1cccc(Cl)c1)C(=O)CN(c1ccccc1OC)S(=O)(=O)c1ccc(C)cc1. The molecule has 1 N–H and O–H groups in total. The Morgan fingerprint density at radius 3 is 2.20 bits per heavy atom. The van der Waals surface area contributed by atoms with Crippen LogP contribution < -0.4 is 14.4 Å². The van der Waals surface area contributed by atoms with E-state index in [0.717, 1.165) is 15.4 Å². The molecule has 2 atom stereocenters. The highest BCUT2D eigenvalue weighted by atomic mass is 35.5. The minimum Gasteiger partial charge on any atom is -0.495 e. The van der Waals surface area contributed by atoms with E-state index in [1.54, 1.807) is 54.6 Å². The van der Waals surface area contributed by atoms with Crippen LogP contribution in [0.2, 0.25) is 5.02 Å². The first kappa shape index (κ1) is 34.5. The van der Waals surface area contributed by atoms with Gasteiger partial charge in [0.25, 0.3) is 10.0 Å². The van der Waals surface area contributed by atoms with Crippen LogP contribution in [0, 0.1) is 6.92 Å². The van der Waals surface area contributed by atoms with Crippen molar-refractivity contribution in [2.75, 3.05) is 18.0 Å². The van der Waals surface area contributed by atoms with Crippen molar-refractivity contribution in [1.29, 1.82) is 0 Å². The molecule has 0 radical (unpaired) electrons. The molecule has 0 aliphatic rings.